The van der Waals surface area contributed by atoms with Gasteiger partial charge >= 0.3 is 12.0 Å². The van der Waals surface area contributed by atoms with Crippen molar-refractivity contribution in [3.8, 4) is 5.75 Å². The van der Waals surface area contributed by atoms with Crippen LogP contribution in [0, 0.1) is 6.92 Å². The third-order valence-corrected chi connectivity index (χ3v) is 5.41. The number of aryl methyl sites for hydroxylation is 1. The smallest absolute Gasteiger partial charge is 0.338 e. The summed E-state index contributed by atoms with van der Waals surface area (Å²) in [6.07, 6.45) is 0. The van der Waals surface area contributed by atoms with Crippen molar-refractivity contribution in [2.75, 3.05) is 7.11 Å². The highest BCUT2D eigenvalue weighted by Crippen LogP contribution is 2.36. The van der Waals surface area contributed by atoms with E-state index >= 15 is 0 Å². The van der Waals surface area contributed by atoms with Crippen LogP contribution in [0.15, 0.2) is 84.4 Å². The molecule has 2 amide bonds. The molecule has 0 aliphatic carbocycles. The molecule has 1 unspecified atom stereocenters. The summed E-state index contributed by atoms with van der Waals surface area (Å²) in [5.41, 5.74) is 4.30. The molecule has 1 heterocycles. The number of para-hydroxylation sites is 1. The third-order valence-electron chi connectivity index (χ3n) is 5.41. The third kappa shape index (κ3) is 4.34. The fraction of sp³-hybridized carbons (Fsp3) is 0.154. The maximum Gasteiger partial charge on any atom is 0.338 e. The second-order valence-electron chi connectivity index (χ2n) is 7.43. The summed E-state index contributed by atoms with van der Waals surface area (Å²) in [5.74, 6) is 0.0480. The van der Waals surface area contributed by atoms with E-state index in [1.165, 1.54) is 7.11 Å². The topological polar surface area (TPSA) is 76.7 Å². The first kappa shape index (κ1) is 21.2. The lowest BCUT2D eigenvalue weighted by Crippen LogP contribution is -2.45. The molecule has 0 spiro atoms. The van der Waals surface area contributed by atoms with Crippen LogP contribution in [0.4, 0.5) is 4.79 Å². The Labute approximate surface area is 186 Å². The number of methoxy groups -OCH3 is 1. The summed E-state index contributed by atoms with van der Waals surface area (Å²) in [6, 6.07) is 23.5. The van der Waals surface area contributed by atoms with Gasteiger partial charge in [0.2, 0.25) is 0 Å². The molecular weight excluding hydrogens is 404 g/mol. The van der Waals surface area contributed by atoms with Gasteiger partial charge in [-0.05, 0) is 29.7 Å². The predicted molar refractivity (Wildman–Crippen MR) is 122 cm³/mol. The number of amides is 2. The van der Waals surface area contributed by atoms with Gasteiger partial charge in [0, 0.05) is 5.56 Å². The Kier molecular flexibility index (Phi) is 6.22. The van der Waals surface area contributed by atoms with Crippen molar-refractivity contribution in [2.24, 2.45) is 0 Å². The second kappa shape index (κ2) is 9.39. The Morgan fingerprint density at radius 2 is 1.62 bits per heavy atom. The second-order valence-corrected chi connectivity index (χ2v) is 7.43. The Bertz CT molecular complexity index is 1170. The molecule has 0 saturated carbocycles. The van der Waals surface area contributed by atoms with Gasteiger partial charge in [-0.15, -0.1) is 0 Å². The van der Waals surface area contributed by atoms with E-state index in [0.717, 1.165) is 11.1 Å². The van der Waals surface area contributed by atoms with E-state index < -0.39 is 18.0 Å². The zero-order valence-corrected chi connectivity index (χ0v) is 17.9. The standard InChI is InChI=1S/C26H24N2O4/c1-17-10-6-7-13-19(17)16-32-21-15-9-8-14-20(21)24-22(25(29)31-2)23(27-26(30)28-24)18-11-4-3-5-12-18/h3-15,24H,16H2,1-2H3,(H2,27,28,30). The van der Waals surface area contributed by atoms with E-state index in [-0.39, 0.29) is 0 Å². The molecule has 1 atom stereocenters. The molecule has 1 aliphatic rings. The maximum absolute atomic E-state index is 12.9. The van der Waals surface area contributed by atoms with Gasteiger partial charge in [0.1, 0.15) is 12.4 Å². The molecule has 2 N–H and O–H groups in total. The zero-order chi connectivity index (χ0) is 22.5. The number of rotatable bonds is 6. The molecule has 1 aliphatic heterocycles. The van der Waals surface area contributed by atoms with Gasteiger partial charge in [-0.1, -0.05) is 72.8 Å². The number of nitrogens with one attached hydrogen (secondary N) is 2. The fourth-order valence-corrected chi connectivity index (χ4v) is 3.74. The quantitative estimate of drug-likeness (QED) is 0.567. The molecule has 32 heavy (non-hydrogen) atoms. The van der Waals surface area contributed by atoms with Crippen LogP contribution >= 0.6 is 0 Å². The average Bonchev–Trinajstić information content (AvgIpc) is 2.83. The highest BCUT2D eigenvalue weighted by Gasteiger charge is 2.35. The molecule has 0 fully saturated rings. The van der Waals surface area contributed by atoms with Crippen molar-refractivity contribution >= 4 is 17.7 Å². The highest BCUT2D eigenvalue weighted by atomic mass is 16.5. The van der Waals surface area contributed by atoms with Gasteiger partial charge in [0.15, 0.2) is 0 Å². The molecule has 6 heteroatoms. The molecule has 0 radical (unpaired) electrons. The molecule has 162 valence electrons. The van der Waals surface area contributed by atoms with Gasteiger partial charge in [-0.25, -0.2) is 9.59 Å². The molecule has 0 bridgehead atoms. The van der Waals surface area contributed by atoms with Crippen LogP contribution in [-0.2, 0) is 16.1 Å². The minimum absolute atomic E-state index is 0.310. The van der Waals surface area contributed by atoms with Crippen LogP contribution in [0.2, 0.25) is 0 Å². The van der Waals surface area contributed by atoms with E-state index in [1.807, 2.05) is 85.8 Å². The molecule has 6 nitrogen and oxygen atoms in total. The van der Waals surface area contributed by atoms with Gasteiger partial charge in [-0.3, -0.25) is 0 Å². The van der Waals surface area contributed by atoms with Crippen LogP contribution < -0.4 is 15.4 Å². The molecule has 3 aromatic rings. The first-order valence-corrected chi connectivity index (χ1v) is 10.3. The lowest BCUT2D eigenvalue weighted by molar-refractivity contribution is -0.136. The lowest BCUT2D eigenvalue weighted by atomic mass is 9.92. The van der Waals surface area contributed by atoms with E-state index in [9.17, 15) is 9.59 Å². The molecule has 3 aromatic carbocycles. The first-order valence-electron chi connectivity index (χ1n) is 10.3. The highest BCUT2D eigenvalue weighted by molar-refractivity contribution is 6.04. The van der Waals surface area contributed by atoms with Crippen LogP contribution in [0.3, 0.4) is 0 Å². The maximum atomic E-state index is 12.9. The SMILES string of the molecule is COC(=O)C1=C(c2ccccc2)NC(=O)NC1c1ccccc1OCc1ccccc1C. The number of hydrogen-bond acceptors (Lipinski definition) is 4. The van der Waals surface area contributed by atoms with Crippen molar-refractivity contribution in [3.63, 3.8) is 0 Å². The molecule has 0 aromatic heterocycles. The number of carbonyl (C=O) groups excluding carboxylic acids is 2. The van der Waals surface area contributed by atoms with Crippen molar-refractivity contribution in [2.45, 2.75) is 19.6 Å². The summed E-state index contributed by atoms with van der Waals surface area (Å²) >= 11 is 0. The zero-order valence-electron chi connectivity index (χ0n) is 17.9. The number of hydrogen-bond donors (Lipinski definition) is 2. The van der Waals surface area contributed by atoms with Crippen molar-refractivity contribution in [1.82, 2.24) is 10.6 Å². The minimum atomic E-state index is -0.737. The first-order chi connectivity index (χ1) is 15.6. The monoisotopic (exact) mass is 428 g/mol. The predicted octanol–water partition coefficient (Wildman–Crippen LogP) is 4.51. The average molecular weight is 428 g/mol. The summed E-state index contributed by atoms with van der Waals surface area (Å²) < 4.78 is 11.2. The number of ether oxygens (including phenoxy) is 2. The van der Waals surface area contributed by atoms with Crippen LogP contribution in [0.25, 0.3) is 5.70 Å². The van der Waals surface area contributed by atoms with Gasteiger partial charge in [-0.2, -0.15) is 0 Å². The summed E-state index contributed by atoms with van der Waals surface area (Å²) in [6.45, 7) is 2.40. The van der Waals surface area contributed by atoms with E-state index in [1.54, 1.807) is 0 Å². The van der Waals surface area contributed by atoms with Crippen LogP contribution in [0.1, 0.15) is 28.3 Å². The van der Waals surface area contributed by atoms with E-state index in [0.29, 0.717) is 34.8 Å². The van der Waals surface area contributed by atoms with Crippen LogP contribution in [0.5, 0.6) is 5.75 Å². The van der Waals surface area contributed by atoms with E-state index in [4.69, 9.17) is 9.47 Å². The number of esters is 1. The Morgan fingerprint density at radius 1 is 0.938 bits per heavy atom. The van der Waals surface area contributed by atoms with Gasteiger partial charge in [0.05, 0.1) is 24.4 Å². The molecule has 4 rings (SSSR count). The van der Waals surface area contributed by atoms with Crippen molar-refractivity contribution in [3.05, 3.63) is 107 Å². The largest absolute Gasteiger partial charge is 0.489 e. The Morgan fingerprint density at radius 3 is 2.38 bits per heavy atom. The molecular formula is C26H24N2O4. The van der Waals surface area contributed by atoms with Gasteiger partial charge < -0.3 is 20.1 Å². The molecule has 0 saturated heterocycles. The minimum Gasteiger partial charge on any atom is -0.489 e. The fourth-order valence-electron chi connectivity index (χ4n) is 3.74. The normalized spacial score (nSPS) is 15.6. The van der Waals surface area contributed by atoms with Crippen molar-refractivity contribution < 1.29 is 19.1 Å². The van der Waals surface area contributed by atoms with E-state index in [2.05, 4.69) is 10.6 Å². The van der Waals surface area contributed by atoms with Crippen LogP contribution in [-0.4, -0.2) is 19.1 Å². The lowest BCUT2D eigenvalue weighted by Gasteiger charge is -2.30. The summed E-state index contributed by atoms with van der Waals surface area (Å²) in [4.78, 5) is 25.4. The Hall–Kier alpha value is -4.06. The van der Waals surface area contributed by atoms with Gasteiger partial charge in [0.25, 0.3) is 0 Å². The number of benzene rings is 3. The summed E-state index contributed by atoms with van der Waals surface area (Å²) in [5, 5.41) is 5.63. The number of urea groups is 1. The van der Waals surface area contributed by atoms with Crippen molar-refractivity contribution in [1.29, 1.82) is 0 Å². The summed E-state index contributed by atoms with van der Waals surface area (Å²) in [7, 11) is 1.33. The number of carbonyl (C=O) groups is 2. The Balaban J connectivity index is 1.77.